The second-order valence-corrected chi connectivity index (χ2v) is 7.40. The largest absolute Gasteiger partial charge is 0.461 e. The molecule has 3 heterocycles. The van der Waals surface area contributed by atoms with E-state index in [0.717, 1.165) is 29.9 Å². The smallest absolute Gasteiger partial charge is 0.223 e. The Hall–Kier alpha value is -2.07. The third-order valence-corrected chi connectivity index (χ3v) is 5.69. The van der Waals surface area contributed by atoms with E-state index in [9.17, 15) is 4.79 Å². The Balaban J connectivity index is 1.32. The van der Waals surface area contributed by atoms with Crippen molar-refractivity contribution >= 4 is 5.91 Å². The number of nitrogens with one attached hydrogen (secondary N) is 1. The lowest BCUT2D eigenvalue weighted by molar-refractivity contribution is -0.132. The lowest BCUT2D eigenvalue weighted by Crippen LogP contribution is -2.48. The molecule has 1 amide bonds. The van der Waals surface area contributed by atoms with Crippen LogP contribution in [0.15, 0.2) is 46.9 Å². The molecule has 2 saturated heterocycles. The van der Waals surface area contributed by atoms with Crippen LogP contribution in [0.5, 0.6) is 0 Å². The summed E-state index contributed by atoms with van der Waals surface area (Å²) in [6.45, 7) is 0. The third-order valence-electron chi connectivity index (χ3n) is 5.69. The number of nitrogens with zero attached hydrogens (tertiary/aromatic N) is 1. The van der Waals surface area contributed by atoms with E-state index in [4.69, 9.17) is 4.42 Å². The Morgan fingerprint density at radius 3 is 2.56 bits per heavy atom. The quantitative estimate of drug-likeness (QED) is 0.906. The van der Waals surface area contributed by atoms with Crippen LogP contribution in [0.25, 0.3) is 11.3 Å². The Kier molecular flexibility index (Phi) is 4.62. The van der Waals surface area contributed by atoms with Crippen molar-refractivity contribution in [2.24, 2.45) is 0 Å². The van der Waals surface area contributed by atoms with Gasteiger partial charge in [0.15, 0.2) is 0 Å². The van der Waals surface area contributed by atoms with Crippen molar-refractivity contribution in [3.8, 4) is 11.3 Å². The standard InChI is InChI=1S/C21H26N2O2/c1-23(18-13-16-7-8-17(14-18)22-16)21(24)12-10-19-9-11-20(25-19)15-5-3-2-4-6-15/h2-6,9,11,16-18,22H,7-8,10,12-14H2,1H3. The van der Waals surface area contributed by atoms with E-state index in [0.29, 0.717) is 31.0 Å². The van der Waals surface area contributed by atoms with Crippen molar-refractivity contribution in [1.29, 1.82) is 0 Å². The highest BCUT2D eigenvalue weighted by Gasteiger charge is 2.36. The number of piperidine rings is 1. The van der Waals surface area contributed by atoms with Gasteiger partial charge in [0.1, 0.15) is 11.5 Å². The van der Waals surface area contributed by atoms with Crippen molar-refractivity contribution in [3.05, 3.63) is 48.2 Å². The van der Waals surface area contributed by atoms with Gasteiger partial charge in [0.25, 0.3) is 0 Å². The number of carbonyl (C=O) groups is 1. The first-order chi connectivity index (χ1) is 12.2. The van der Waals surface area contributed by atoms with Gasteiger partial charge in [0.05, 0.1) is 0 Å². The van der Waals surface area contributed by atoms with Crippen molar-refractivity contribution < 1.29 is 9.21 Å². The molecule has 2 atom stereocenters. The third kappa shape index (κ3) is 3.64. The molecular weight excluding hydrogens is 312 g/mol. The van der Waals surface area contributed by atoms with Gasteiger partial charge in [-0.15, -0.1) is 0 Å². The van der Waals surface area contributed by atoms with E-state index in [2.05, 4.69) is 5.32 Å². The number of fused-ring (bicyclic) bond motifs is 2. The van der Waals surface area contributed by atoms with Crippen LogP contribution in [0.3, 0.4) is 0 Å². The Morgan fingerprint density at radius 2 is 1.84 bits per heavy atom. The van der Waals surface area contributed by atoms with Crippen LogP contribution in [-0.2, 0) is 11.2 Å². The summed E-state index contributed by atoms with van der Waals surface area (Å²) in [5, 5.41) is 3.64. The first-order valence-electron chi connectivity index (χ1n) is 9.35. The summed E-state index contributed by atoms with van der Waals surface area (Å²) in [4.78, 5) is 14.6. The number of aryl methyl sites for hydroxylation is 1. The van der Waals surface area contributed by atoms with E-state index in [1.807, 2.05) is 54.4 Å². The van der Waals surface area contributed by atoms with Gasteiger partial charge in [-0.2, -0.15) is 0 Å². The van der Waals surface area contributed by atoms with E-state index >= 15 is 0 Å². The highest BCUT2D eigenvalue weighted by molar-refractivity contribution is 5.76. The Bertz CT molecular complexity index is 713. The van der Waals surface area contributed by atoms with Crippen LogP contribution in [0.4, 0.5) is 0 Å². The van der Waals surface area contributed by atoms with Gasteiger partial charge in [-0.3, -0.25) is 4.79 Å². The zero-order chi connectivity index (χ0) is 17.2. The lowest BCUT2D eigenvalue weighted by Gasteiger charge is -2.35. The first kappa shape index (κ1) is 16.4. The lowest BCUT2D eigenvalue weighted by atomic mass is 9.98. The average molecular weight is 338 g/mol. The summed E-state index contributed by atoms with van der Waals surface area (Å²) in [5.74, 6) is 1.97. The van der Waals surface area contributed by atoms with Gasteiger partial charge in [0.2, 0.25) is 5.91 Å². The number of hydrogen-bond donors (Lipinski definition) is 1. The minimum atomic E-state index is 0.226. The van der Waals surface area contributed by atoms with E-state index in [1.165, 1.54) is 12.8 Å². The maximum Gasteiger partial charge on any atom is 0.223 e. The highest BCUT2D eigenvalue weighted by atomic mass is 16.3. The SMILES string of the molecule is CN(C(=O)CCc1ccc(-c2ccccc2)o1)C1CC2CCC(C1)N2. The van der Waals surface area contributed by atoms with Gasteiger partial charge in [0, 0.05) is 43.6 Å². The molecule has 0 saturated carbocycles. The van der Waals surface area contributed by atoms with Crippen LogP contribution in [0.2, 0.25) is 0 Å². The van der Waals surface area contributed by atoms with Gasteiger partial charge >= 0.3 is 0 Å². The van der Waals surface area contributed by atoms with E-state index < -0.39 is 0 Å². The zero-order valence-electron chi connectivity index (χ0n) is 14.8. The van der Waals surface area contributed by atoms with Gasteiger partial charge in [-0.1, -0.05) is 30.3 Å². The van der Waals surface area contributed by atoms with Crippen molar-refractivity contribution in [2.45, 2.75) is 56.7 Å². The number of rotatable bonds is 5. The number of benzene rings is 1. The second kappa shape index (κ2) is 7.04. The summed E-state index contributed by atoms with van der Waals surface area (Å²) in [6, 6.07) is 15.7. The van der Waals surface area contributed by atoms with Gasteiger partial charge < -0.3 is 14.6 Å². The Labute approximate surface area is 149 Å². The van der Waals surface area contributed by atoms with Crippen molar-refractivity contribution in [1.82, 2.24) is 10.2 Å². The molecule has 2 unspecified atom stereocenters. The minimum Gasteiger partial charge on any atom is -0.461 e. The van der Waals surface area contributed by atoms with E-state index in [-0.39, 0.29) is 5.91 Å². The molecule has 1 aromatic heterocycles. The molecule has 0 aliphatic carbocycles. The molecule has 1 aromatic carbocycles. The van der Waals surface area contributed by atoms with Crippen LogP contribution in [-0.4, -0.2) is 36.0 Å². The van der Waals surface area contributed by atoms with Crippen molar-refractivity contribution in [2.75, 3.05) is 7.05 Å². The van der Waals surface area contributed by atoms with Crippen LogP contribution >= 0.6 is 0 Å². The first-order valence-corrected chi connectivity index (χ1v) is 9.35. The molecule has 2 aromatic rings. The molecule has 25 heavy (non-hydrogen) atoms. The summed E-state index contributed by atoms with van der Waals surface area (Å²) in [6.07, 6.45) is 5.89. The predicted molar refractivity (Wildman–Crippen MR) is 98.2 cm³/mol. The van der Waals surface area contributed by atoms with Gasteiger partial charge in [-0.05, 0) is 37.8 Å². The number of amides is 1. The van der Waals surface area contributed by atoms with Gasteiger partial charge in [-0.25, -0.2) is 0 Å². The normalized spacial score (nSPS) is 25.1. The molecular formula is C21H26N2O2. The molecule has 4 rings (SSSR count). The summed E-state index contributed by atoms with van der Waals surface area (Å²) in [7, 11) is 1.97. The maximum absolute atomic E-state index is 12.6. The highest BCUT2D eigenvalue weighted by Crippen LogP contribution is 2.29. The monoisotopic (exact) mass is 338 g/mol. The van der Waals surface area contributed by atoms with Crippen LogP contribution in [0, 0.1) is 0 Å². The molecule has 2 aliphatic rings. The fourth-order valence-electron chi connectivity index (χ4n) is 4.22. The summed E-state index contributed by atoms with van der Waals surface area (Å²) < 4.78 is 5.91. The maximum atomic E-state index is 12.6. The van der Waals surface area contributed by atoms with E-state index in [1.54, 1.807) is 0 Å². The second-order valence-electron chi connectivity index (χ2n) is 7.40. The molecule has 4 heteroatoms. The Morgan fingerprint density at radius 1 is 1.12 bits per heavy atom. The van der Waals surface area contributed by atoms with Crippen LogP contribution in [0.1, 0.15) is 37.9 Å². The fourth-order valence-corrected chi connectivity index (χ4v) is 4.22. The molecule has 4 nitrogen and oxygen atoms in total. The molecule has 2 bridgehead atoms. The zero-order valence-corrected chi connectivity index (χ0v) is 14.8. The number of hydrogen-bond acceptors (Lipinski definition) is 3. The summed E-state index contributed by atoms with van der Waals surface area (Å²) >= 11 is 0. The molecule has 1 N–H and O–H groups in total. The minimum absolute atomic E-state index is 0.226. The predicted octanol–water partition coefficient (Wildman–Crippen LogP) is 3.62. The van der Waals surface area contributed by atoms with Crippen LogP contribution < -0.4 is 5.32 Å². The molecule has 0 radical (unpaired) electrons. The molecule has 2 aliphatic heterocycles. The topological polar surface area (TPSA) is 45.5 Å². The van der Waals surface area contributed by atoms with Crippen molar-refractivity contribution in [3.63, 3.8) is 0 Å². The fraction of sp³-hybridized carbons (Fsp3) is 0.476. The summed E-state index contributed by atoms with van der Waals surface area (Å²) in [5.41, 5.74) is 1.07. The molecule has 0 spiro atoms. The molecule has 2 fully saturated rings. The molecule has 132 valence electrons. The number of carbonyl (C=O) groups excluding carboxylic acids is 1. The number of furan rings is 1. The average Bonchev–Trinajstić information content (AvgIpc) is 3.26.